The van der Waals surface area contributed by atoms with Gasteiger partial charge in [0.1, 0.15) is 0 Å². The third kappa shape index (κ3) is 4.52. The van der Waals surface area contributed by atoms with Gasteiger partial charge in [0.05, 0.1) is 6.04 Å². The molecule has 1 aliphatic heterocycles. The van der Waals surface area contributed by atoms with Crippen LogP contribution in [0.4, 0.5) is 5.69 Å². The van der Waals surface area contributed by atoms with Crippen LogP contribution in [0.3, 0.4) is 0 Å². The van der Waals surface area contributed by atoms with Crippen molar-refractivity contribution < 1.29 is 4.79 Å². The molecule has 21 heavy (non-hydrogen) atoms. The number of nitrogens with one attached hydrogen (secondary N) is 1. The highest BCUT2D eigenvalue weighted by Gasteiger charge is 2.23. The molecular formula is C16H26N4O. The Bertz CT molecular complexity index is 460. The summed E-state index contributed by atoms with van der Waals surface area (Å²) >= 11 is 0. The number of anilines is 1. The molecule has 0 aromatic heterocycles. The van der Waals surface area contributed by atoms with Crippen molar-refractivity contribution >= 4 is 11.6 Å². The Morgan fingerprint density at radius 2 is 1.95 bits per heavy atom. The van der Waals surface area contributed by atoms with Gasteiger partial charge in [-0.1, -0.05) is 12.1 Å². The molecule has 0 radical (unpaired) electrons. The molecule has 5 heteroatoms. The van der Waals surface area contributed by atoms with E-state index >= 15 is 0 Å². The largest absolute Gasteiger partial charge is 0.326 e. The summed E-state index contributed by atoms with van der Waals surface area (Å²) in [5.74, 6) is 0.0556. The Kier molecular flexibility index (Phi) is 5.73. The zero-order valence-electron chi connectivity index (χ0n) is 13.0. The van der Waals surface area contributed by atoms with Gasteiger partial charge in [-0.25, -0.2) is 0 Å². The first-order valence-corrected chi connectivity index (χ1v) is 7.62. The summed E-state index contributed by atoms with van der Waals surface area (Å²) in [5, 5.41) is 2.99. The van der Waals surface area contributed by atoms with Crippen LogP contribution >= 0.6 is 0 Å². The van der Waals surface area contributed by atoms with Crippen LogP contribution in [0.15, 0.2) is 24.3 Å². The van der Waals surface area contributed by atoms with Crippen molar-refractivity contribution in [2.75, 3.05) is 38.5 Å². The van der Waals surface area contributed by atoms with Crippen LogP contribution in [0.5, 0.6) is 0 Å². The van der Waals surface area contributed by atoms with E-state index in [1.807, 2.05) is 31.2 Å². The number of nitrogens with two attached hydrogens (primary N) is 1. The third-order valence-corrected chi connectivity index (χ3v) is 4.14. The molecule has 0 aliphatic carbocycles. The van der Waals surface area contributed by atoms with Crippen LogP contribution in [0.25, 0.3) is 0 Å². The molecule has 0 saturated carbocycles. The molecule has 3 N–H and O–H groups in total. The van der Waals surface area contributed by atoms with E-state index in [2.05, 4.69) is 22.2 Å². The van der Waals surface area contributed by atoms with E-state index in [0.29, 0.717) is 6.54 Å². The lowest BCUT2D eigenvalue weighted by Crippen LogP contribution is -2.43. The molecule has 1 amide bonds. The molecule has 1 fully saturated rings. The highest BCUT2D eigenvalue weighted by Crippen LogP contribution is 2.12. The van der Waals surface area contributed by atoms with Gasteiger partial charge >= 0.3 is 0 Å². The monoisotopic (exact) mass is 290 g/mol. The van der Waals surface area contributed by atoms with Crippen molar-refractivity contribution in [2.24, 2.45) is 5.73 Å². The second-order valence-corrected chi connectivity index (χ2v) is 5.76. The van der Waals surface area contributed by atoms with E-state index in [1.54, 1.807) is 0 Å². The first-order chi connectivity index (χ1) is 10.1. The van der Waals surface area contributed by atoms with Gasteiger partial charge in [0, 0.05) is 31.9 Å². The smallest absolute Gasteiger partial charge is 0.241 e. The second-order valence-electron chi connectivity index (χ2n) is 5.76. The van der Waals surface area contributed by atoms with Gasteiger partial charge in [0.15, 0.2) is 0 Å². The number of likely N-dealkylation sites (N-methyl/N-ethyl adjacent to an activating group) is 1. The summed E-state index contributed by atoms with van der Waals surface area (Å²) in [6.07, 6.45) is 1.11. The van der Waals surface area contributed by atoms with Crippen molar-refractivity contribution in [1.82, 2.24) is 9.80 Å². The quantitative estimate of drug-likeness (QED) is 0.872. The van der Waals surface area contributed by atoms with Crippen LogP contribution in [0.2, 0.25) is 0 Å². The lowest BCUT2D eigenvalue weighted by Gasteiger charge is -2.26. The van der Waals surface area contributed by atoms with Crippen molar-refractivity contribution in [1.29, 1.82) is 0 Å². The fourth-order valence-electron chi connectivity index (χ4n) is 2.59. The Hall–Kier alpha value is -1.43. The third-order valence-electron chi connectivity index (χ3n) is 4.14. The van der Waals surface area contributed by atoms with E-state index in [-0.39, 0.29) is 11.9 Å². The topological polar surface area (TPSA) is 61.6 Å². The minimum atomic E-state index is -0.106. The number of hydrogen-bond acceptors (Lipinski definition) is 4. The van der Waals surface area contributed by atoms with E-state index in [4.69, 9.17) is 5.73 Å². The molecule has 2 rings (SSSR count). The fourth-order valence-corrected chi connectivity index (χ4v) is 2.59. The Morgan fingerprint density at radius 1 is 1.24 bits per heavy atom. The second kappa shape index (κ2) is 7.54. The van der Waals surface area contributed by atoms with Crippen LogP contribution < -0.4 is 11.1 Å². The number of benzene rings is 1. The van der Waals surface area contributed by atoms with E-state index in [1.165, 1.54) is 0 Å². The highest BCUT2D eigenvalue weighted by molar-refractivity contribution is 5.94. The van der Waals surface area contributed by atoms with Gasteiger partial charge in [-0.2, -0.15) is 0 Å². The van der Waals surface area contributed by atoms with Crippen LogP contribution in [-0.4, -0.2) is 55.0 Å². The zero-order valence-corrected chi connectivity index (χ0v) is 13.0. The fraction of sp³-hybridized carbons (Fsp3) is 0.562. The molecule has 5 nitrogen and oxygen atoms in total. The van der Waals surface area contributed by atoms with Gasteiger partial charge in [-0.3, -0.25) is 9.69 Å². The maximum Gasteiger partial charge on any atom is 0.241 e. The van der Waals surface area contributed by atoms with Crippen molar-refractivity contribution in [3.63, 3.8) is 0 Å². The van der Waals surface area contributed by atoms with Gasteiger partial charge in [-0.15, -0.1) is 0 Å². The van der Waals surface area contributed by atoms with E-state index in [9.17, 15) is 4.79 Å². The number of amides is 1. The molecule has 1 heterocycles. The van der Waals surface area contributed by atoms with Gasteiger partial charge in [0.2, 0.25) is 5.91 Å². The summed E-state index contributed by atoms with van der Waals surface area (Å²) in [5.41, 5.74) is 7.47. The number of carbonyl (C=O) groups is 1. The van der Waals surface area contributed by atoms with E-state index < -0.39 is 0 Å². The van der Waals surface area contributed by atoms with Crippen molar-refractivity contribution in [2.45, 2.75) is 25.9 Å². The minimum absolute atomic E-state index is 0.0556. The average Bonchev–Trinajstić information content (AvgIpc) is 2.72. The number of rotatable bonds is 4. The predicted molar refractivity (Wildman–Crippen MR) is 86.1 cm³/mol. The van der Waals surface area contributed by atoms with Gasteiger partial charge in [0.25, 0.3) is 0 Å². The summed E-state index contributed by atoms with van der Waals surface area (Å²) in [6, 6.07) is 7.60. The normalized spacial score (nSPS) is 19.0. The van der Waals surface area contributed by atoms with E-state index in [0.717, 1.165) is 43.9 Å². The molecule has 1 aromatic rings. The standard InChI is InChI=1S/C16H26N4O/c1-13(20-9-3-8-19(2)10-11-20)16(21)18-15-6-4-14(12-17)5-7-15/h4-7,13H,3,8-12,17H2,1-2H3,(H,18,21). The maximum atomic E-state index is 12.4. The summed E-state index contributed by atoms with van der Waals surface area (Å²) in [7, 11) is 2.13. The molecule has 1 atom stereocenters. The van der Waals surface area contributed by atoms with Crippen LogP contribution in [0, 0.1) is 0 Å². The predicted octanol–water partition coefficient (Wildman–Crippen LogP) is 1.11. The number of carbonyl (C=O) groups excluding carboxylic acids is 1. The van der Waals surface area contributed by atoms with Gasteiger partial charge in [-0.05, 0) is 44.6 Å². The molecule has 1 unspecified atom stereocenters. The number of nitrogens with zero attached hydrogens (tertiary/aromatic N) is 2. The SMILES string of the molecule is CC(C(=O)Nc1ccc(CN)cc1)N1CCCN(C)CC1. The lowest BCUT2D eigenvalue weighted by atomic mass is 10.2. The Balaban J connectivity index is 1.91. The number of hydrogen-bond donors (Lipinski definition) is 2. The molecule has 0 bridgehead atoms. The minimum Gasteiger partial charge on any atom is -0.326 e. The van der Waals surface area contributed by atoms with Crippen molar-refractivity contribution in [3.05, 3.63) is 29.8 Å². The van der Waals surface area contributed by atoms with Crippen LogP contribution in [-0.2, 0) is 11.3 Å². The van der Waals surface area contributed by atoms with Gasteiger partial charge < -0.3 is 16.0 Å². The lowest BCUT2D eigenvalue weighted by molar-refractivity contribution is -0.120. The summed E-state index contributed by atoms with van der Waals surface area (Å²) < 4.78 is 0. The molecule has 1 aromatic carbocycles. The maximum absolute atomic E-state index is 12.4. The molecule has 1 saturated heterocycles. The first kappa shape index (κ1) is 15.9. The van der Waals surface area contributed by atoms with Crippen LogP contribution in [0.1, 0.15) is 18.9 Å². The zero-order chi connectivity index (χ0) is 15.2. The highest BCUT2D eigenvalue weighted by atomic mass is 16.2. The Labute approximate surface area is 127 Å². The molecular weight excluding hydrogens is 264 g/mol. The summed E-state index contributed by atoms with van der Waals surface area (Å²) in [6.45, 7) is 6.54. The van der Waals surface area contributed by atoms with Crippen molar-refractivity contribution in [3.8, 4) is 0 Å². The Morgan fingerprint density at radius 3 is 2.62 bits per heavy atom. The molecule has 1 aliphatic rings. The molecule has 116 valence electrons. The average molecular weight is 290 g/mol. The first-order valence-electron chi connectivity index (χ1n) is 7.62. The summed E-state index contributed by atoms with van der Waals surface area (Å²) in [4.78, 5) is 16.9. The molecule has 0 spiro atoms.